The van der Waals surface area contributed by atoms with Crippen molar-refractivity contribution in [3.05, 3.63) is 88.0 Å². The number of carbonyl (C=O) groups excluding carboxylic acids is 1. The van der Waals surface area contributed by atoms with Crippen molar-refractivity contribution >= 4 is 5.97 Å². The minimum Gasteiger partial charge on any atom is -0.508 e. The Morgan fingerprint density at radius 3 is 1.89 bits per heavy atom. The van der Waals surface area contributed by atoms with Gasteiger partial charge in [0.25, 0.3) is 0 Å². The second kappa shape index (κ2) is 14.2. The summed E-state index contributed by atoms with van der Waals surface area (Å²) in [5.41, 5.74) is 6.56. The molecular weight excluding hydrogens is 436 g/mol. The minimum atomic E-state index is -0.341. The fraction of sp³-hybridized carbons (Fsp3) is 0.387. The maximum atomic E-state index is 11.0. The highest BCUT2D eigenvalue weighted by Gasteiger charge is 2.10. The molecule has 4 nitrogen and oxygen atoms in total. The Hall–Kier alpha value is -3.27. The zero-order valence-corrected chi connectivity index (χ0v) is 21.9. The molecule has 0 spiro atoms. The van der Waals surface area contributed by atoms with Gasteiger partial charge in [-0.3, -0.25) is 4.79 Å². The molecular formula is C31H40O4. The number of aromatic hydroxyl groups is 2. The molecule has 2 aromatic carbocycles. The molecule has 2 aromatic rings. The van der Waals surface area contributed by atoms with Gasteiger partial charge >= 0.3 is 5.97 Å². The lowest BCUT2D eigenvalue weighted by atomic mass is 9.99. The van der Waals surface area contributed by atoms with Gasteiger partial charge in [0.2, 0.25) is 0 Å². The average Bonchev–Trinajstić information content (AvgIpc) is 2.77. The van der Waals surface area contributed by atoms with E-state index in [9.17, 15) is 15.0 Å². The molecule has 0 saturated heterocycles. The van der Waals surface area contributed by atoms with Crippen LogP contribution in [0.15, 0.2) is 71.3 Å². The van der Waals surface area contributed by atoms with Gasteiger partial charge in [-0.05, 0) is 108 Å². The fourth-order valence-electron chi connectivity index (χ4n) is 3.85. The van der Waals surface area contributed by atoms with Crippen LogP contribution in [0.2, 0.25) is 0 Å². The molecule has 0 heterocycles. The summed E-state index contributed by atoms with van der Waals surface area (Å²) in [4.78, 5) is 11.0. The number of hydrogen-bond donors (Lipinski definition) is 2. The predicted molar refractivity (Wildman–Crippen MR) is 144 cm³/mol. The van der Waals surface area contributed by atoms with Gasteiger partial charge in [-0.1, -0.05) is 47.1 Å². The van der Waals surface area contributed by atoms with Gasteiger partial charge in [-0.2, -0.15) is 0 Å². The molecule has 0 aliphatic rings. The Balaban J connectivity index is 1.88. The van der Waals surface area contributed by atoms with E-state index in [2.05, 4.69) is 45.9 Å². The summed E-state index contributed by atoms with van der Waals surface area (Å²) in [6.07, 6.45) is 12.8. The monoisotopic (exact) mass is 476 g/mol. The van der Waals surface area contributed by atoms with Crippen molar-refractivity contribution in [2.75, 3.05) is 0 Å². The second-order valence-electron chi connectivity index (χ2n) is 9.51. The number of allylic oxidation sites excluding steroid dienone is 6. The van der Waals surface area contributed by atoms with Crippen molar-refractivity contribution < 1.29 is 19.7 Å². The SMILES string of the molecule is CC(=O)Oc1ccc(CCc2cc(O)c(C/C=C(\C)CC/C=C(\C)CCC=C(C)C)c(O)c2)cc1. The molecule has 4 heteroatoms. The molecule has 0 fully saturated rings. The lowest BCUT2D eigenvalue weighted by molar-refractivity contribution is -0.131. The maximum absolute atomic E-state index is 11.0. The summed E-state index contributed by atoms with van der Waals surface area (Å²) in [5.74, 6) is 0.440. The van der Waals surface area contributed by atoms with Crippen LogP contribution in [0.4, 0.5) is 0 Å². The Morgan fingerprint density at radius 2 is 1.31 bits per heavy atom. The van der Waals surface area contributed by atoms with E-state index >= 15 is 0 Å². The van der Waals surface area contributed by atoms with Gasteiger partial charge in [-0.15, -0.1) is 0 Å². The van der Waals surface area contributed by atoms with Crippen LogP contribution in [0.5, 0.6) is 17.2 Å². The summed E-state index contributed by atoms with van der Waals surface area (Å²) < 4.78 is 5.06. The van der Waals surface area contributed by atoms with Gasteiger partial charge in [0.05, 0.1) is 0 Å². The van der Waals surface area contributed by atoms with Crippen molar-refractivity contribution in [3.8, 4) is 17.2 Å². The van der Waals surface area contributed by atoms with Crippen LogP contribution in [0.3, 0.4) is 0 Å². The van der Waals surface area contributed by atoms with Crippen molar-refractivity contribution in [3.63, 3.8) is 0 Å². The third-order valence-corrected chi connectivity index (χ3v) is 5.93. The second-order valence-corrected chi connectivity index (χ2v) is 9.51. The van der Waals surface area contributed by atoms with Crippen LogP contribution < -0.4 is 4.74 Å². The number of esters is 1. The standard InChI is InChI=1S/C31H40O4/c1-22(2)8-6-9-23(3)10-7-11-24(4)12-19-29-30(33)20-27(21-31(29)34)14-13-26-15-17-28(18-16-26)35-25(5)32/h8,10,12,15-18,20-21,33-34H,6-7,9,11,13-14,19H2,1-5H3/b23-10+,24-12+. The third kappa shape index (κ3) is 10.7. The van der Waals surface area contributed by atoms with E-state index in [1.165, 1.54) is 23.6 Å². The summed E-state index contributed by atoms with van der Waals surface area (Å²) in [5, 5.41) is 21.0. The zero-order chi connectivity index (χ0) is 25.8. The van der Waals surface area contributed by atoms with E-state index in [1.807, 2.05) is 12.1 Å². The Labute approximate surface area is 210 Å². The number of ether oxygens (including phenoxy) is 1. The van der Waals surface area contributed by atoms with Gasteiger partial charge < -0.3 is 14.9 Å². The number of aryl methyl sites for hydroxylation is 2. The summed E-state index contributed by atoms with van der Waals surface area (Å²) >= 11 is 0. The van der Waals surface area contributed by atoms with Crippen LogP contribution >= 0.6 is 0 Å². The van der Waals surface area contributed by atoms with Crippen LogP contribution in [-0.2, 0) is 24.1 Å². The van der Waals surface area contributed by atoms with Crippen LogP contribution in [0.25, 0.3) is 0 Å². The third-order valence-electron chi connectivity index (χ3n) is 5.93. The first-order valence-electron chi connectivity index (χ1n) is 12.4. The number of hydrogen-bond acceptors (Lipinski definition) is 4. The molecule has 0 aromatic heterocycles. The van der Waals surface area contributed by atoms with Crippen molar-refractivity contribution in [2.45, 2.75) is 79.6 Å². The molecule has 0 amide bonds. The van der Waals surface area contributed by atoms with Gasteiger partial charge in [0, 0.05) is 12.5 Å². The molecule has 0 radical (unpaired) electrons. The highest BCUT2D eigenvalue weighted by molar-refractivity contribution is 5.69. The van der Waals surface area contributed by atoms with E-state index in [4.69, 9.17) is 4.74 Å². The quantitative estimate of drug-likeness (QED) is 0.186. The molecule has 0 unspecified atom stereocenters. The number of phenolic OH excluding ortho intramolecular Hbond substituents is 2. The highest BCUT2D eigenvalue weighted by atomic mass is 16.5. The van der Waals surface area contributed by atoms with E-state index < -0.39 is 0 Å². The number of phenols is 2. The first kappa shape index (κ1) is 28.0. The van der Waals surface area contributed by atoms with Crippen molar-refractivity contribution in [1.82, 2.24) is 0 Å². The minimum absolute atomic E-state index is 0.129. The van der Waals surface area contributed by atoms with Gasteiger partial charge in [-0.25, -0.2) is 0 Å². The largest absolute Gasteiger partial charge is 0.508 e. The average molecular weight is 477 g/mol. The summed E-state index contributed by atoms with van der Waals surface area (Å²) in [7, 11) is 0. The summed E-state index contributed by atoms with van der Waals surface area (Å²) in [6.45, 7) is 9.92. The van der Waals surface area contributed by atoms with Crippen molar-refractivity contribution in [1.29, 1.82) is 0 Å². The molecule has 0 atom stereocenters. The number of carbonyl (C=O) groups is 1. The summed E-state index contributed by atoms with van der Waals surface area (Å²) in [6, 6.07) is 10.9. The fourth-order valence-corrected chi connectivity index (χ4v) is 3.85. The molecule has 35 heavy (non-hydrogen) atoms. The Bertz CT molecular complexity index is 1040. The van der Waals surface area contributed by atoms with Gasteiger partial charge in [0.15, 0.2) is 0 Å². The first-order chi connectivity index (χ1) is 16.6. The molecule has 2 N–H and O–H groups in total. The Kier molecular flexibility index (Phi) is 11.4. The first-order valence-corrected chi connectivity index (χ1v) is 12.4. The smallest absolute Gasteiger partial charge is 0.308 e. The van der Waals surface area contributed by atoms with Crippen LogP contribution in [0, 0.1) is 0 Å². The topological polar surface area (TPSA) is 66.8 Å². The van der Waals surface area contributed by atoms with E-state index in [1.54, 1.807) is 24.3 Å². The van der Waals surface area contributed by atoms with Crippen LogP contribution in [0.1, 0.15) is 77.0 Å². The molecule has 188 valence electrons. The van der Waals surface area contributed by atoms with E-state index in [0.717, 1.165) is 43.2 Å². The molecule has 0 aliphatic carbocycles. The normalized spacial score (nSPS) is 11.9. The lowest BCUT2D eigenvalue weighted by Crippen LogP contribution is -2.01. The van der Waals surface area contributed by atoms with E-state index in [0.29, 0.717) is 24.2 Å². The Morgan fingerprint density at radius 1 is 0.771 bits per heavy atom. The zero-order valence-electron chi connectivity index (χ0n) is 21.9. The maximum Gasteiger partial charge on any atom is 0.308 e. The number of rotatable bonds is 12. The molecule has 2 rings (SSSR count). The molecule has 0 bridgehead atoms. The lowest BCUT2D eigenvalue weighted by Gasteiger charge is -2.10. The van der Waals surface area contributed by atoms with Crippen molar-refractivity contribution in [2.24, 2.45) is 0 Å². The van der Waals surface area contributed by atoms with Gasteiger partial charge in [0.1, 0.15) is 17.2 Å². The molecule has 0 saturated carbocycles. The predicted octanol–water partition coefficient (Wildman–Crippen LogP) is 7.77. The van der Waals surface area contributed by atoms with E-state index in [-0.39, 0.29) is 17.5 Å². The van der Waals surface area contributed by atoms with Crippen LogP contribution in [-0.4, -0.2) is 16.2 Å². The molecule has 0 aliphatic heterocycles. The number of benzene rings is 2. The highest BCUT2D eigenvalue weighted by Crippen LogP contribution is 2.31.